The Kier molecular flexibility index (Phi) is 5.54. The number of nitrogens with one attached hydrogen (secondary N) is 1. The lowest BCUT2D eigenvalue weighted by Gasteiger charge is -2.09. The van der Waals surface area contributed by atoms with Crippen LogP contribution in [-0.4, -0.2) is 12.1 Å². The molecule has 0 saturated carbocycles. The topological polar surface area (TPSA) is 50.7 Å². The average molecular weight is 367 g/mol. The van der Waals surface area contributed by atoms with E-state index in [1.807, 2.05) is 62.4 Å². The number of amides is 1. The van der Waals surface area contributed by atoms with Crippen molar-refractivity contribution in [1.82, 2.24) is 0 Å². The van der Waals surface area contributed by atoms with Crippen LogP contribution in [0.4, 0.5) is 5.69 Å². The third kappa shape index (κ3) is 4.21. The second-order valence-corrected chi connectivity index (χ2v) is 6.48. The zero-order chi connectivity index (χ0) is 18.5. The Morgan fingerprint density at radius 1 is 1.15 bits per heavy atom. The fraction of sp³-hybridized carbons (Fsp3) is 0.143. The van der Waals surface area contributed by atoms with Crippen LogP contribution >= 0.6 is 11.6 Å². The number of hydrogen-bond donors (Lipinski definition) is 1. The molecule has 0 aliphatic rings. The number of carbonyl (C=O) groups excluding carboxylic acids is 1. The van der Waals surface area contributed by atoms with Crippen LogP contribution in [0.3, 0.4) is 0 Å². The van der Waals surface area contributed by atoms with E-state index in [-0.39, 0.29) is 6.61 Å². The normalized spacial score (nSPS) is 11.0. The van der Waals surface area contributed by atoms with Gasteiger partial charge in [0.15, 0.2) is 0 Å². The van der Waals surface area contributed by atoms with Gasteiger partial charge in [-0.3, -0.25) is 4.79 Å². The summed E-state index contributed by atoms with van der Waals surface area (Å²) >= 11 is 6.19. The second-order valence-electron chi connectivity index (χ2n) is 6.07. The lowest BCUT2D eigenvalue weighted by molar-refractivity contribution is -0.110. The van der Waals surface area contributed by atoms with Crippen molar-refractivity contribution in [3.8, 4) is 0 Å². The molecule has 3 aromatic rings. The molecule has 1 amide bonds. The standard InChI is InChI=1S/C21H19ClN2O2/c1-14-10-15(2)21(19(22)11-14)24-20(25)12-23-26-13-17-8-5-7-16-6-3-4-9-18(16)17/h3-12H,13H2,1-2H3,(H,24,25). The van der Waals surface area contributed by atoms with Gasteiger partial charge in [0.25, 0.3) is 5.91 Å². The summed E-state index contributed by atoms with van der Waals surface area (Å²) in [5.74, 6) is -0.392. The van der Waals surface area contributed by atoms with E-state index in [2.05, 4.69) is 10.5 Å². The first-order valence-electron chi connectivity index (χ1n) is 8.24. The van der Waals surface area contributed by atoms with Gasteiger partial charge in [-0.1, -0.05) is 65.3 Å². The second kappa shape index (κ2) is 8.02. The van der Waals surface area contributed by atoms with Crippen LogP contribution in [0.25, 0.3) is 10.8 Å². The highest BCUT2D eigenvalue weighted by Crippen LogP contribution is 2.27. The number of rotatable bonds is 5. The van der Waals surface area contributed by atoms with Gasteiger partial charge in [0.05, 0.1) is 10.7 Å². The first-order chi connectivity index (χ1) is 12.5. The summed E-state index contributed by atoms with van der Waals surface area (Å²) in [6.45, 7) is 4.13. The minimum Gasteiger partial charge on any atom is -0.391 e. The van der Waals surface area contributed by atoms with E-state index in [9.17, 15) is 4.79 Å². The van der Waals surface area contributed by atoms with Gasteiger partial charge in [0, 0.05) is 0 Å². The molecule has 0 aromatic heterocycles. The molecular weight excluding hydrogens is 348 g/mol. The Bertz CT molecular complexity index is 954. The maximum absolute atomic E-state index is 12.0. The number of aryl methyl sites for hydroxylation is 2. The fourth-order valence-corrected chi connectivity index (χ4v) is 3.21. The summed E-state index contributed by atoms with van der Waals surface area (Å²) in [6, 6.07) is 17.8. The molecule has 0 heterocycles. The van der Waals surface area contributed by atoms with Gasteiger partial charge in [-0.05, 0) is 47.4 Å². The van der Waals surface area contributed by atoms with Crippen LogP contribution in [0.15, 0.2) is 59.8 Å². The summed E-state index contributed by atoms with van der Waals surface area (Å²) in [6.07, 6.45) is 1.11. The van der Waals surface area contributed by atoms with Crippen molar-refractivity contribution in [2.24, 2.45) is 5.16 Å². The molecule has 0 radical (unpaired) electrons. The average Bonchev–Trinajstić information content (AvgIpc) is 2.62. The molecule has 3 rings (SSSR count). The molecule has 0 unspecified atom stereocenters. The van der Waals surface area contributed by atoms with Gasteiger partial charge in [-0.2, -0.15) is 0 Å². The van der Waals surface area contributed by atoms with Crippen LogP contribution in [-0.2, 0) is 16.2 Å². The third-order valence-corrected chi connectivity index (χ3v) is 4.32. The van der Waals surface area contributed by atoms with Crippen molar-refractivity contribution >= 4 is 40.2 Å². The first-order valence-corrected chi connectivity index (χ1v) is 8.62. The fourth-order valence-electron chi connectivity index (χ4n) is 2.84. The van der Waals surface area contributed by atoms with E-state index in [1.165, 1.54) is 0 Å². The van der Waals surface area contributed by atoms with Crippen LogP contribution in [0.5, 0.6) is 0 Å². The molecule has 4 nitrogen and oxygen atoms in total. The highest BCUT2D eigenvalue weighted by atomic mass is 35.5. The largest absolute Gasteiger partial charge is 0.391 e. The number of halogens is 1. The molecule has 0 saturated heterocycles. The van der Waals surface area contributed by atoms with Crippen LogP contribution in [0, 0.1) is 13.8 Å². The van der Waals surface area contributed by atoms with Crippen molar-refractivity contribution in [2.75, 3.05) is 5.32 Å². The van der Waals surface area contributed by atoms with Crippen molar-refractivity contribution in [2.45, 2.75) is 20.5 Å². The molecule has 0 fully saturated rings. The highest BCUT2D eigenvalue weighted by molar-refractivity contribution is 6.37. The quantitative estimate of drug-likeness (QED) is 0.495. The van der Waals surface area contributed by atoms with E-state index < -0.39 is 5.91 Å². The van der Waals surface area contributed by atoms with Gasteiger partial charge in [0.2, 0.25) is 0 Å². The number of nitrogens with zero attached hydrogens (tertiary/aromatic N) is 1. The number of carbonyl (C=O) groups is 1. The Morgan fingerprint density at radius 2 is 1.92 bits per heavy atom. The minimum absolute atomic E-state index is 0.287. The number of anilines is 1. The minimum atomic E-state index is -0.392. The van der Waals surface area contributed by atoms with Crippen molar-refractivity contribution in [3.63, 3.8) is 0 Å². The van der Waals surface area contributed by atoms with Gasteiger partial charge in [0.1, 0.15) is 12.8 Å². The third-order valence-electron chi connectivity index (χ3n) is 4.02. The van der Waals surface area contributed by atoms with E-state index in [0.29, 0.717) is 10.7 Å². The van der Waals surface area contributed by atoms with E-state index in [1.54, 1.807) is 6.07 Å². The summed E-state index contributed by atoms with van der Waals surface area (Å²) in [5, 5.41) is 9.25. The van der Waals surface area contributed by atoms with Gasteiger partial charge in [-0.15, -0.1) is 0 Å². The smallest absolute Gasteiger partial charge is 0.270 e. The Balaban J connectivity index is 1.61. The van der Waals surface area contributed by atoms with Crippen molar-refractivity contribution < 1.29 is 9.63 Å². The van der Waals surface area contributed by atoms with Crippen LogP contribution in [0.1, 0.15) is 16.7 Å². The number of oxime groups is 1. The molecule has 0 aliphatic carbocycles. The molecule has 1 N–H and O–H groups in total. The molecule has 0 atom stereocenters. The maximum Gasteiger partial charge on any atom is 0.270 e. The summed E-state index contributed by atoms with van der Waals surface area (Å²) < 4.78 is 0. The molecule has 132 valence electrons. The molecule has 0 bridgehead atoms. The molecule has 3 aromatic carbocycles. The molecule has 26 heavy (non-hydrogen) atoms. The molecule has 0 spiro atoms. The van der Waals surface area contributed by atoms with Crippen molar-refractivity contribution in [3.05, 3.63) is 76.3 Å². The predicted octanol–water partition coefficient (Wildman–Crippen LogP) is 5.25. The highest BCUT2D eigenvalue weighted by Gasteiger charge is 2.08. The predicted molar refractivity (Wildman–Crippen MR) is 107 cm³/mol. The molecule has 0 aliphatic heterocycles. The summed E-state index contributed by atoms with van der Waals surface area (Å²) in [5.41, 5.74) is 3.53. The van der Waals surface area contributed by atoms with Gasteiger partial charge < -0.3 is 10.2 Å². The lowest BCUT2D eigenvalue weighted by Crippen LogP contribution is -2.14. The SMILES string of the molecule is Cc1cc(C)c(NC(=O)C=NOCc2cccc3ccccc23)c(Cl)c1. The van der Waals surface area contributed by atoms with Crippen molar-refractivity contribution in [1.29, 1.82) is 0 Å². The first kappa shape index (κ1) is 18.0. The Morgan fingerprint density at radius 3 is 2.73 bits per heavy atom. The molecule has 5 heteroatoms. The number of fused-ring (bicyclic) bond motifs is 1. The summed E-state index contributed by atoms with van der Waals surface area (Å²) in [4.78, 5) is 17.3. The van der Waals surface area contributed by atoms with Crippen LogP contribution in [0.2, 0.25) is 5.02 Å². The summed E-state index contributed by atoms with van der Waals surface area (Å²) in [7, 11) is 0. The monoisotopic (exact) mass is 366 g/mol. The number of benzene rings is 3. The zero-order valence-corrected chi connectivity index (χ0v) is 15.4. The molecular formula is C21H19ClN2O2. The van der Waals surface area contributed by atoms with Gasteiger partial charge >= 0.3 is 0 Å². The van der Waals surface area contributed by atoms with Crippen LogP contribution < -0.4 is 5.32 Å². The Hall–Kier alpha value is -2.85. The number of hydrogen-bond acceptors (Lipinski definition) is 3. The van der Waals surface area contributed by atoms with E-state index in [4.69, 9.17) is 16.4 Å². The van der Waals surface area contributed by atoms with E-state index in [0.717, 1.165) is 33.7 Å². The zero-order valence-electron chi connectivity index (χ0n) is 14.6. The van der Waals surface area contributed by atoms with Gasteiger partial charge in [-0.25, -0.2) is 0 Å². The van der Waals surface area contributed by atoms with E-state index >= 15 is 0 Å². The maximum atomic E-state index is 12.0. The Labute approximate surface area is 157 Å². The lowest BCUT2D eigenvalue weighted by atomic mass is 10.1.